The Balaban J connectivity index is 2.92. The summed E-state index contributed by atoms with van der Waals surface area (Å²) in [4.78, 5) is 11.8. The molecule has 0 saturated carbocycles. The van der Waals surface area contributed by atoms with E-state index in [-0.39, 0.29) is 0 Å². The summed E-state index contributed by atoms with van der Waals surface area (Å²) >= 11 is 3.17. The van der Waals surface area contributed by atoms with Crippen LogP contribution in [0.1, 0.15) is 0 Å². The normalized spacial score (nSPS) is 10.6. The highest BCUT2D eigenvalue weighted by Crippen LogP contribution is 2.12. The van der Waals surface area contributed by atoms with Crippen molar-refractivity contribution in [1.82, 2.24) is 19.6 Å². The van der Waals surface area contributed by atoms with Gasteiger partial charge in [-0.15, -0.1) is 0 Å². The van der Waals surface area contributed by atoms with Crippen molar-refractivity contribution in [3.05, 3.63) is 17.3 Å². The molecule has 2 aromatic rings. The molecule has 11 heavy (non-hydrogen) atoms. The average Bonchev–Trinajstić information content (AvgIpc) is 2.30. The number of fused-ring (bicyclic) bond motifs is 1. The predicted octanol–water partition coefficient (Wildman–Crippen LogP) is 0.303. The molecule has 2 heterocycles. The summed E-state index contributed by atoms with van der Waals surface area (Å²) in [6, 6.07) is 0. The third kappa shape index (κ3) is 0.864. The molecule has 0 atom stereocenters. The van der Waals surface area contributed by atoms with Crippen molar-refractivity contribution in [2.75, 3.05) is 5.84 Å². The zero-order chi connectivity index (χ0) is 7.84. The maximum absolute atomic E-state index is 5.56. The number of rotatable bonds is 0. The van der Waals surface area contributed by atoms with Crippen LogP contribution in [-0.2, 0) is 0 Å². The van der Waals surface area contributed by atoms with Crippen LogP contribution in [0.2, 0.25) is 0 Å². The number of nitrogens with zero attached hydrogens (tertiary/aromatic N) is 4. The highest BCUT2D eigenvalue weighted by atomic mass is 79.9. The van der Waals surface area contributed by atoms with E-state index in [0.717, 1.165) is 0 Å². The van der Waals surface area contributed by atoms with Gasteiger partial charge < -0.3 is 5.84 Å². The molecule has 0 saturated heterocycles. The molecular formula is C5H4BrN5. The van der Waals surface area contributed by atoms with Crippen LogP contribution < -0.4 is 5.84 Å². The molecule has 2 aromatic heterocycles. The van der Waals surface area contributed by atoms with Gasteiger partial charge in [0, 0.05) is 0 Å². The van der Waals surface area contributed by atoms with Crippen molar-refractivity contribution in [1.29, 1.82) is 0 Å². The topological polar surface area (TPSA) is 69.6 Å². The lowest BCUT2D eigenvalue weighted by molar-refractivity contribution is 0.972. The number of nitrogens with two attached hydrogens (primary N) is 1. The third-order valence-corrected chi connectivity index (χ3v) is 1.87. The Morgan fingerprint density at radius 3 is 3.09 bits per heavy atom. The summed E-state index contributed by atoms with van der Waals surface area (Å²) in [7, 11) is 0. The van der Waals surface area contributed by atoms with Crippen molar-refractivity contribution in [3.8, 4) is 0 Å². The fraction of sp³-hybridized carbons (Fsp3) is 0. The molecule has 2 N–H and O–H groups in total. The van der Waals surface area contributed by atoms with Gasteiger partial charge in [-0.1, -0.05) is 0 Å². The molecule has 0 aliphatic rings. The second-order valence-corrected chi connectivity index (χ2v) is 2.69. The Kier molecular flexibility index (Phi) is 1.28. The van der Waals surface area contributed by atoms with Crippen molar-refractivity contribution in [2.24, 2.45) is 0 Å². The Bertz CT molecular complexity index is 395. The summed E-state index contributed by atoms with van der Waals surface area (Å²) in [5.41, 5.74) is 1.30. The molecule has 0 aliphatic heterocycles. The van der Waals surface area contributed by atoms with E-state index in [0.29, 0.717) is 15.9 Å². The summed E-state index contributed by atoms with van der Waals surface area (Å²) in [6.45, 7) is 0. The zero-order valence-electron chi connectivity index (χ0n) is 5.40. The van der Waals surface area contributed by atoms with Crippen LogP contribution in [0.25, 0.3) is 11.2 Å². The second-order valence-electron chi connectivity index (χ2n) is 1.98. The van der Waals surface area contributed by atoms with Gasteiger partial charge in [0.15, 0.2) is 10.4 Å². The van der Waals surface area contributed by atoms with E-state index in [2.05, 4.69) is 30.9 Å². The maximum Gasteiger partial charge on any atom is 0.198 e. The van der Waals surface area contributed by atoms with Crippen LogP contribution in [0, 0.1) is 0 Å². The smallest absolute Gasteiger partial charge is 0.198 e. The minimum absolute atomic E-state index is 0.549. The summed E-state index contributed by atoms with van der Waals surface area (Å²) in [6.07, 6.45) is 3.04. The summed E-state index contributed by atoms with van der Waals surface area (Å²) in [5.74, 6) is 5.56. The van der Waals surface area contributed by atoms with E-state index < -0.39 is 0 Å². The number of aromatic nitrogens is 4. The van der Waals surface area contributed by atoms with E-state index in [1.54, 1.807) is 6.20 Å². The first-order chi connectivity index (χ1) is 5.29. The molecule has 56 valence electrons. The minimum atomic E-state index is 0.549. The van der Waals surface area contributed by atoms with Crippen LogP contribution in [0.5, 0.6) is 0 Å². The van der Waals surface area contributed by atoms with Crippen molar-refractivity contribution in [2.45, 2.75) is 0 Å². The molecule has 0 bridgehead atoms. The van der Waals surface area contributed by atoms with Gasteiger partial charge in [0.05, 0.1) is 6.20 Å². The predicted molar refractivity (Wildman–Crippen MR) is 43.2 cm³/mol. The standard InChI is InChI=1S/C5H4BrN5/c6-5-10-3-1-8-2-9-4(3)11(5)7/h1-2H,7H2. The van der Waals surface area contributed by atoms with E-state index in [9.17, 15) is 0 Å². The SMILES string of the molecule is Nn1c(Br)nc2cncnc21. The van der Waals surface area contributed by atoms with E-state index in [1.165, 1.54) is 11.0 Å². The van der Waals surface area contributed by atoms with Gasteiger partial charge in [0.1, 0.15) is 11.8 Å². The van der Waals surface area contributed by atoms with Gasteiger partial charge in [-0.2, -0.15) is 0 Å². The first-order valence-corrected chi connectivity index (χ1v) is 3.67. The Morgan fingerprint density at radius 2 is 2.36 bits per heavy atom. The van der Waals surface area contributed by atoms with Gasteiger partial charge in [0.2, 0.25) is 0 Å². The van der Waals surface area contributed by atoms with Crippen molar-refractivity contribution in [3.63, 3.8) is 0 Å². The number of hydrogen-bond donors (Lipinski definition) is 1. The Labute approximate surface area is 70.4 Å². The molecule has 5 nitrogen and oxygen atoms in total. The van der Waals surface area contributed by atoms with Gasteiger partial charge in [-0.05, 0) is 15.9 Å². The quantitative estimate of drug-likeness (QED) is 0.505. The highest BCUT2D eigenvalue weighted by Gasteiger charge is 2.04. The van der Waals surface area contributed by atoms with E-state index in [1.807, 2.05) is 0 Å². The molecule has 0 aromatic carbocycles. The highest BCUT2D eigenvalue weighted by molar-refractivity contribution is 9.10. The Morgan fingerprint density at radius 1 is 1.55 bits per heavy atom. The molecule has 0 amide bonds. The molecule has 6 heteroatoms. The number of hydrogen-bond acceptors (Lipinski definition) is 4. The minimum Gasteiger partial charge on any atom is -0.335 e. The molecule has 2 rings (SSSR count). The molecule has 0 aliphatic carbocycles. The van der Waals surface area contributed by atoms with Gasteiger partial charge >= 0.3 is 0 Å². The fourth-order valence-electron chi connectivity index (χ4n) is 0.821. The lowest BCUT2D eigenvalue weighted by atomic mass is 10.6. The lowest BCUT2D eigenvalue weighted by Gasteiger charge is -1.91. The van der Waals surface area contributed by atoms with Crippen LogP contribution >= 0.6 is 15.9 Å². The van der Waals surface area contributed by atoms with Crippen molar-refractivity contribution < 1.29 is 0 Å². The van der Waals surface area contributed by atoms with Crippen LogP contribution in [0.15, 0.2) is 17.3 Å². The summed E-state index contributed by atoms with van der Waals surface area (Å²) in [5, 5.41) is 0. The van der Waals surface area contributed by atoms with E-state index in [4.69, 9.17) is 5.84 Å². The van der Waals surface area contributed by atoms with Crippen LogP contribution in [0.4, 0.5) is 0 Å². The molecular weight excluding hydrogens is 210 g/mol. The second kappa shape index (κ2) is 2.16. The molecule has 0 unspecified atom stereocenters. The first kappa shape index (κ1) is 6.53. The van der Waals surface area contributed by atoms with Crippen LogP contribution in [-0.4, -0.2) is 19.6 Å². The molecule has 0 radical (unpaired) electrons. The third-order valence-electron chi connectivity index (χ3n) is 1.31. The number of imidazole rings is 1. The first-order valence-electron chi connectivity index (χ1n) is 2.88. The van der Waals surface area contributed by atoms with Gasteiger partial charge in [0.25, 0.3) is 0 Å². The monoisotopic (exact) mass is 213 g/mol. The largest absolute Gasteiger partial charge is 0.335 e. The zero-order valence-corrected chi connectivity index (χ0v) is 6.98. The molecule has 0 spiro atoms. The van der Waals surface area contributed by atoms with Crippen LogP contribution in [0.3, 0.4) is 0 Å². The number of halogens is 1. The summed E-state index contributed by atoms with van der Waals surface area (Å²) < 4.78 is 1.91. The van der Waals surface area contributed by atoms with Crippen molar-refractivity contribution >= 4 is 27.1 Å². The van der Waals surface area contributed by atoms with Gasteiger partial charge in [-0.25, -0.2) is 19.6 Å². The molecule has 0 fully saturated rings. The fourth-order valence-corrected chi connectivity index (χ4v) is 1.18. The maximum atomic E-state index is 5.56. The van der Waals surface area contributed by atoms with Gasteiger partial charge in [-0.3, -0.25) is 0 Å². The number of nitrogen functional groups attached to an aromatic ring is 1. The Hall–Kier alpha value is -1.17. The average molecular weight is 214 g/mol. The van der Waals surface area contributed by atoms with E-state index >= 15 is 0 Å². The lowest BCUT2D eigenvalue weighted by Crippen LogP contribution is -2.08.